The Balaban J connectivity index is 0.000000148. The van der Waals surface area contributed by atoms with Crippen molar-refractivity contribution in [3.63, 3.8) is 0 Å². The van der Waals surface area contributed by atoms with Gasteiger partial charge in [-0.15, -0.1) is 0 Å². The number of nitrogens with two attached hydrogens (primary N) is 10. The summed E-state index contributed by atoms with van der Waals surface area (Å²) in [4.78, 5) is 28.9. The molecule has 0 fully saturated rings. The number of hydrogen-bond acceptors (Lipinski definition) is 24. The summed E-state index contributed by atoms with van der Waals surface area (Å²) in [5.74, 6) is -0.0819. The van der Waals surface area contributed by atoms with Gasteiger partial charge in [0.25, 0.3) is 12.0 Å². The molecule has 0 radical (unpaired) electrons. The van der Waals surface area contributed by atoms with E-state index in [1.54, 1.807) is 12.1 Å². The van der Waals surface area contributed by atoms with Crippen molar-refractivity contribution in [2.45, 2.75) is 64.3 Å². The maximum atomic E-state index is 12.5. The topological polar surface area (TPSA) is 415 Å². The van der Waals surface area contributed by atoms with Crippen molar-refractivity contribution in [1.29, 1.82) is 0 Å². The van der Waals surface area contributed by atoms with Crippen LogP contribution in [0.25, 0.3) is 91.5 Å². The van der Waals surface area contributed by atoms with Gasteiger partial charge in [-0.25, -0.2) is 15.0 Å². The number of fused-ring (bicyclic) bond motifs is 10. The standard InChI is InChI=1S/C9H10N2.C8H7F3N2SSe.3C8H8N2Se.2C7H5F5N2OS.2C7H5F5N2S2.C7H5F5N2SSe/c1-6-2-3-8-7(4-6)5-9(10)11-8;9-14(10,11)4-5-1-2-6-7(3-5)15-8(12)13-6;1-5-2-3-7-6(4-5)10-8(9)11-7;2*1-5-2-3-6-7(4-5)11-8(9)10-6;8-16(9,10,11,12)4-1-2-6-5(3-4)14-7(13)15-6;8-16(9,10,11,12)4-1-2-5-6(3-4)15-7(13)14-5;8-16(9,10,11,12)4-1-2-6-5(3-4)14-7(13)15-6;8-16(9,10,11,12)4-1-2-5-6(3-4)15-7(13)14-5;8-15(9,10,11,12)4-1-2-5-6(3-4)16-7(13)14-5/h2-4H,5H2,1H3,(H2,10,11);1-3H,4H2,(H2,12,13);3*2-4H,1H3,(H2,9,10);5*1-3H,(H2,13,14). The van der Waals surface area contributed by atoms with Crippen LogP contribution < -0.4 is 57.3 Å². The molecule has 0 atom stereocenters. The number of halogens is 28. The number of aliphatic imine (C=N–C) groups is 1. The molecule has 19 aromatic rings. The quantitative estimate of drug-likeness (QED) is 0.0523. The summed E-state index contributed by atoms with van der Waals surface area (Å²) >= 11 is -3.17. The molecule has 0 aliphatic carbocycles. The number of nitrogens with zero attached hydrogens (tertiary/aromatic N) is 10. The van der Waals surface area contributed by atoms with Crippen molar-refractivity contribution < 1.29 is 118 Å². The Kier molecular flexibility index (Phi) is 27.5. The SMILES string of the molecule is Cc1ccc2[se]c(N)nc2c1.Cc1ccc2c(c1)CC(N)=N2.Cc1ccc2nc(N)[se]c2c1.Cc1ccc2nc(N)[se]c2c1.Nc1nc2cc(S(F)(F)(F)(F)F)ccc2o1.Nc1nc2cc(S(F)(F)(F)(F)F)ccc2s1.Nc1nc2ccc(CS(F)(F)F)cc2[se]1.Nc1nc2ccc(S(F)(F)(F)(F)F)cc2[se]1.Nc1nc2ccc(S(F)(F)(F)(F)F)cc2o1.Nc1nc2ccc(S(F)(F)(F)(F)F)cc2s1. The Morgan fingerprint density at radius 3 is 1.13 bits per heavy atom. The minimum atomic E-state index is -9.67. The Bertz CT molecular complexity index is 7170. The number of aryl methyl sites for hydroxylation is 4. The summed E-state index contributed by atoms with van der Waals surface area (Å²) in [6, 6.07) is 36.3. The van der Waals surface area contributed by atoms with E-state index in [-0.39, 0.29) is 151 Å². The van der Waals surface area contributed by atoms with Crippen LogP contribution in [0.3, 0.4) is 0 Å². The number of benzene rings is 10. The number of hydrogen-bond donors (Lipinski definition) is 10. The molecule has 10 aromatic carbocycles. The van der Waals surface area contributed by atoms with Crippen LogP contribution in [0.5, 0.6) is 0 Å². The number of anilines is 9. The molecule has 139 heavy (non-hydrogen) atoms. The van der Waals surface area contributed by atoms with Gasteiger partial charge in [0.05, 0.1) is 26.1 Å². The molecule has 0 unspecified atom stereocenters. The zero-order valence-corrected chi connectivity index (χ0v) is 84.8. The first-order valence-corrected chi connectivity index (χ1v) is 58.6. The molecular weight excluding hydrogens is 2410 g/mol. The smallest absolute Gasteiger partial charge is 0.310 e. The van der Waals surface area contributed by atoms with E-state index in [1.807, 2.05) is 18.2 Å². The molecule has 63 heteroatoms. The first-order chi connectivity index (χ1) is 62.7. The molecule has 20 N–H and O–H groups in total. The van der Waals surface area contributed by atoms with Crippen LogP contribution in [0.15, 0.2) is 220 Å². The monoisotopic (exact) mass is 2480 g/mol. The molecule has 0 bridgehead atoms. The van der Waals surface area contributed by atoms with Gasteiger partial charge in [-0.2, -0.15) is 9.97 Å². The van der Waals surface area contributed by atoms with Crippen LogP contribution >= 0.6 is 85.0 Å². The zero-order valence-electron chi connectivity index (χ0n) is 69.7. The molecule has 756 valence electrons. The predicted octanol–water partition coefficient (Wildman–Crippen LogP) is 28.7. The summed E-state index contributed by atoms with van der Waals surface area (Å²) in [6.45, 7) is 8.32. The molecule has 1 aliphatic rings. The Morgan fingerprint density at radius 1 is 0.295 bits per heavy atom. The van der Waals surface area contributed by atoms with Crippen molar-refractivity contribution in [3.05, 3.63) is 215 Å². The van der Waals surface area contributed by atoms with Crippen LogP contribution in [0.1, 0.15) is 33.4 Å². The summed E-state index contributed by atoms with van der Waals surface area (Å²) in [5.41, 5.74) is 64.9. The van der Waals surface area contributed by atoms with E-state index >= 15 is 0 Å². The van der Waals surface area contributed by atoms with Gasteiger partial charge >= 0.3 is 437 Å². The Labute approximate surface area is 804 Å². The van der Waals surface area contributed by atoms with E-state index in [2.05, 4.69) is 141 Å². The molecular formula is C76H66F28N20O2S8Se5. The first-order valence-electron chi connectivity index (χ1n) is 37.1. The average molecular weight is 2470 g/mol. The molecule has 1 aliphatic heterocycles. The number of thiazole rings is 2. The molecule has 0 saturated carbocycles. The summed E-state index contributed by atoms with van der Waals surface area (Å²) in [6.07, 6.45) is 0.816. The second-order valence-electron chi connectivity index (χ2n) is 29.2. The Hall–Kier alpha value is -10.3. The molecule has 0 saturated heterocycles. The van der Waals surface area contributed by atoms with Crippen molar-refractivity contribution >= 4 is 306 Å². The molecule has 0 spiro atoms. The maximum absolute atomic E-state index is 12.5. The average Bonchev–Trinajstić information content (AvgIpc) is 1.68. The van der Waals surface area contributed by atoms with Crippen molar-refractivity contribution in [3.8, 4) is 0 Å². The number of oxazole rings is 2. The number of rotatable bonds is 7. The minimum absolute atomic E-state index is 0.0109. The second-order valence-corrected chi connectivity index (χ2v) is 55.8. The van der Waals surface area contributed by atoms with E-state index in [0.29, 0.717) is 56.9 Å². The number of aromatic nitrogens is 9. The van der Waals surface area contributed by atoms with Crippen LogP contribution in [0, 0.1) is 27.7 Å². The van der Waals surface area contributed by atoms with Crippen LogP contribution in [-0.2, 0) is 12.2 Å². The minimum Gasteiger partial charge on any atom is -0.424 e. The summed E-state index contributed by atoms with van der Waals surface area (Å²) in [7, 11) is -48.1. The fourth-order valence-electron chi connectivity index (χ4n) is 11.6. The van der Waals surface area contributed by atoms with Gasteiger partial charge in [-0.05, 0) is 85.3 Å². The van der Waals surface area contributed by atoms with Crippen molar-refractivity contribution in [1.82, 2.24) is 44.9 Å². The molecule has 22 nitrogen and oxygen atoms in total. The second kappa shape index (κ2) is 35.1. The largest absolute Gasteiger partial charge is 0.424 e. The fourth-order valence-corrected chi connectivity index (χ4v) is 25.5. The van der Waals surface area contributed by atoms with Crippen LogP contribution in [0.2, 0.25) is 0 Å². The predicted molar refractivity (Wildman–Crippen MR) is 512 cm³/mol. The van der Waals surface area contributed by atoms with Gasteiger partial charge in [0.2, 0.25) is 0 Å². The normalized spacial score (nSPS) is 14.9. The van der Waals surface area contributed by atoms with Gasteiger partial charge in [-0.3, -0.25) is 0 Å². The van der Waals surface area contributed by atoms with E-state index in [1.165, 1.54) is 46.7 Å². The van der Waals surface area contributed by atoms with E-state index in [4.69, 9.17) is 57.3 Å². The van der Waals surface area contributed by atoms with Gasteiger partial charge < -0.3 is 37.5 Å². The third-order valence-electron chi connectivity index (χ3n) is 17.5. The summed E-state index contributed by atoms with van der Waals surface area (Å²) < 4.78 is 365. The zero-order chi connectivity index (χ0) is 104. The third-order valence-corrected chi connectivity index (χ3v) is 34.5. The fraction of sp³-hybridized carbons (Fsp3) is 0.0789. The van der Waals surface area contributed by atoms with Crippen LogP contribution in [-0.4, -0.2) is 123 Å². The van der Waals surface area contributed by atoms with Gasteiger partial charge in [-0.1, -0.05) is 118 Å². The first kappa shape index (κ1) is 109. The van der Waals surface area contributed by atoms with Gasteiger partial charge in [0, 0.05) is 12.5 Å². The Morgan fingerprint density at radius 2 is 0.640 bits per heavy atom. The maximum Gasteiger partial charge on any atom is 0.310 e. The third kappa shape index (κ3) is 31.1. The number of amidine groups is 1. The van der Waals surface area contributed by atoms with Gasteiger partial charge in [0.15, 0.2) is 21.4 Å². The number of nitrogen functional groups attached to an aromatic ring is 9. The van der Waals surface area contributed by atoms with Crippen molar-refractivity contribution in [2.24, 2.45) is 10.7 Å². The van der Waals surface area contributed by atoms with E-state index in [9.17, 15) is 109 Å². The molecule has 0 amide bonds. The van der Waals surface area contributed by atoms with E-state index < -0.39 is 113 Å². The van der Waals surface area contributed by atoms with Crippen LogP contribution in [0.4, 0.5) is 160 Å². The van der Waals surface area contributed by atoms with Gasteiger partial charge in [0.1, 0.15) is 36.5 Å². The molecule has 10 heterocycles. The van der Waals surface area contributed by atoms with Crippen molar-refractivity contribution in [2.75, 3.05) is 51.6 Å². The molecule has 9 aromatic heterocycles. The molecule has 20 rings (SSSR count). The summed E-state index contributed by atoms with van der Waals surface area (Å²) in [5, 5.41) is 0.0728. The van der Waals surface area contributed by atoms with E-state index in [0.717, 1.165) is 106 Å².